The van der Waals surface area contributed by atoms with Crippen LogP contribution in [0.2, 0.25) is 0 Å². The highest BCUT2D eigenvalue weighted by atomic mass is 19.3. The Balaban J connectivity index is 3.44. The third kappa shape index (κ3) is 8.51. The molecule has 0 saturated heterocycles. The van der Waals surface area contributed by atoms with E-state index in [9.17, 15) is 13.6 Å². The first-order chi connectivity index (χ1) is 7.60. The number of halogens is 2. The van der Waals surface area contributed by atoms with E-state index < -0.39 is 19.3 Å². The Labute approximate surface area is 93.0 Å². The molecule has 0 aromatic carbocycles. The van der Waals surface area contributed by atoms with Gasteiger partial charge in [0.1, 0.15) is 6.61 Å². The molecule has 0 aromatic heterocycles. The van der Waals surface area contributed by atoms with Crippen LogP contribution in [0.1, 0.15) is 6.42 Å². The van der Waals surface area contributed by atoms with Gasteiger partial charge in [-0.3, -0.25) is 4.79 Å². The van der Waals surface area contributed by atoms with Gasteiger partial charge < -0.3 is 19.5 Å². The van der Waals surface area contributed by atoms with E-state index in [-0.39, 0.29) is 25.5 Å². The number of hydrogen-bond acceptors (Lipinski definition) is 4. The Morgan fingerprint density at radius 3 is 2.44 bits per heavy atom. The van der Waals surface area contributed by atoms with E-state index in [4.69, 9.17) is 9.47 Å². The summed E-state index contributed by atoms with van der Waals surface area (Å²) < 4.78 is 37.5. The maximum absolute atomic E-state index is 11.6. The number of nitrogens with one attached hydrogen (secondary N) is 1. The number of hydrogen-bond donors (Lipinski definition) is 1. The maximum atomic E-state index is 11.6. The van der Waals surface area contributed by atoms with Crippen LogP contribution in [-0.4, -0.2) is 52.6 Å². The molecule has 16 heavy (non-hydrogen) atoms. The monoisotopic (exact) mass is 241 g/mol. The first-order valence-electron chi connectivity index (χ1n) is 4.78. The standard InChI is InChI=1S/C9H17F2NO4/c1-14-9(15-2)5-12-8(13)3-4-16-6-7(10)11/h7,9H,3-6H2,1-2H3,(H,12,13). The zero-order valence-electron chi connectivity index (χ0n) is 9.37. The molecule has 0 spiro atoms. The van der Waals surface area contributed by atoms with Crippen LogP contribution in [0.15, 0.2) is 0 Å². The summed E-state index contributed by atoms with van der Waals surface area (Å²) in [5, 5.41) is 2.52. The minimum Gasteiger partial charge on any atom is -0.375 e. The van der Waals surface area contributed by atoms with Crippen molar-refractivity contribution < 1.29 is 27.8 Å². The number of ether oxygens (including phenoxy) is 3. The Morgan fingerprint density at radius 1 is 1.31 bits per heavy atom. The van der Waals surface area contributed by atoms with Crippen molar-refractivity contribution in [3.8, 4) is 0 Å². The van der Waals surface area contributed by atoms with Crippen molar-refractivity contribution in [2.75, 3.05) is 34.0 Å². The molecule has 0 aliphatic heterocycles. The summed E-state index contributed by atoms with van der Waals surface area (Å²) in [6, 6.07) is 0. The molecule has 0 fully saturated rings. The van der Waals surface area contributed by atoms with Crippen molar-refractivity contribution in [3.05, 3.63) is 0 Å². The topological polar surface area (TPSA) is 56.8 Å². The Morgan fingerprint density at radius 2 is 1.94 bits per heavy atom. The third-order valence-electron chi connectivity index (χ3n) is 1.71. The summed E-state index contributed by atoms with van der Waals surface area (Å²) in [5.74, 6) is -0.298. The van der Waals surface area contributed by atoms with Crippen molar-refractivity contribution in [2.24, 2.45) is 0 Å². The quantitative estimate of drug-likeness (QED) is 0.469. The predicted octanol–water partition coefficient (Wildman–Crippen LogP) is 0.393. The van der Waals surface area contributed by atoms with Crippen LogP contribution in [0.3, 0.4) is 0 Å². The van der Waals surface area contributed by atoms with Gasteiger partial charge in [-0.2, -0.15) is 0 Å². The first-order valence-corrected chi connectivity index (χ1v) is 4.78. The molecular weight excluding hydrogens is 224 g/mol. The second-order valence-corrected chi connectivity index (χ2v) is 2.92. The highest BCUT2D eigenvalue weighted by molar-refractivity contribution is 5.75. The molecule has 0 heterocycles. The van der Waals surface area contributed by atoms with Crippen molar-refractivity contribution in [3.63, 3.8) is 0 Å². The van der Waals surface area contributed by atoms with E-state index in [0.29, 0.717) is 0 Å². The first kappa shape index (κ1) is 15.2. The van der Waals surface area contributed by atoms with Crippen molar-refractivity contribution in [2.45, 2.75) is 19.1 Å². The van der Waals surface area contributed by atoms with Crippen LogP contribution in [0.5, 0.6) is 0 Å². The SMILES string of the molecule is COC(CNC(=O)CCOCC(F)F)OC. The van der Waals surface area contributed by atoms with Gasteiger partial charge in [-0.15, -0.1) is 0 Å². The van der Waals surface area contributed by atoms with E-state index in [0.717, 1.165) is 0 Å². The maximum Gasteiger partial charge on any atom is 0.261 e. The van der Waals surface area contributed by atoms with E-state index in [2.05, 4.69) is 10.1 Å². The molecule has 0 aliphatic carbocycles. The molecule has 0 radical (unpaired) electrons. The smallest absolute Gasteiger partial charge is 0.261 e. The average Bonchev–Trinajstić information content (AvgIpc) is 2.25. The van der Waals surface area contributed by atoms with Gasteiger partial charge >= 0.3 is 0 Å². The molecular formula is C9H17F2NO4. The molecule has 5 nitrogen and oxygen atoms in total. The summed E-state index contributed by atoms with van der Waals surface area (Å²) in [6.45, 7) is -0.465. The molecule has 0 saturated carbocycles. The van der Waals surface area contributed by atoms with E-state index in [1.807, 2.05) is 0 Å². The highest BCUT2D eigenvalue weighted by Gasteiger charge is 2.08. The second-order valence-electron chi connectivity index (χ2n) is 2.92. The zero-order chi connectivity index (χ0) is 12.4. The van der Waals surface area contributed by atoms with Gasteiger partial charge in [0.05, 0.1) is 13.2 Å². The van der Waals surface area contributed by atoms with Gasteiger partial charge in [-0.05, 0) is 0 Å². The second kappa shape index (κ2) is 9.44. The number of methoxy groups -OCH3 is 2. The van der Waals surface area contributed by atoms with E-state index >= 15 is 0 Å². The summed E-state index contributed by atoms with van der Waals surface area (Å²) in [7, 11) is 2.90. The molecule has 0 unspecified atom stereocenters. The van der Waals surface area contributed by atoms with E-state index in [1.165, 1.54) is 14.2 Å². The van der Waals surface area contributed by atoms with Crippen molar-refractivity contribution in [1.29, 1.82) is 0 Å². The third-order valence-corrected chi connectivity index (χ3v) is 1.71. The van der Waals surface area contributed by atoms with Gasteiger partial charge in [-0.25, -0.2) is 8.78 Å². The normalized spacial score (nSPS) is 11.1. The lowest BCUT2D eigenvalue weighted by atomic mass is 10.4. The van der Waals surface area contributed by atoms with Crippen molar-refractivity contribution in [1.82, 2.24) is 5.32 Å². The van der Waals surface area contributed by atoms with Gasteiger partial charge in [0.2, 0.25) is 5.91 Å². The average molecular weight is 241 g/mol. The van der Waals surface area contributed by atoms with Crippen LogP contribution in [0.4, 0.5) is 8.78 Å². The van der Waals surface area contributed by atoms with Gasteiger partial charge in [0, 0.05) is 20.6 Å². The fraction of sp³-hybridized carbons (Fsp3) is 0.889. The minimum atomic E-state index is -2.51. The summed E-state index contributed by atoms with van der Waals surface area (Å²) in [6.07, 6.45) is -2.98. The lowest BCUT2D eigenvalue weighted by Gasteiger charge is -2.13. The number of amides is 1. The number of carbonyl (C=O) groups is 1. The van der Waals surface area contributed by atoms with Crippen LogP contribution in [0, 0.1) is 0 Å². The van der Waals surface area contributed by atoms with Crippen LogP contribution in [0.25, 0.3) is 0 Å². The Bertz CT molecular complexity index is 188. The molecule has 0 bridgehead atoms. The number of carbonyl (C=O) groups excluding carboxylic acids is 1. The van der Waals surface area contributed by atoms with Gasteiger partial charge in [-0.1, -0.05) is 0 Å². The molecule has 0 aliphatic rings. The van der Waals surface area contributed by atoms with E-state index in [1.54, 1.807) is 0 Å². The number of alkyl halides is 2. The van der Waals surface area contributed by atoms with Gasteiger partial charge in [0.25, 0.3) is 6.43 Å². The molecule has 0 atom stereocenters. The highest BCUT2D eigenvalue weighted by Crippen LogP contribution is 1.94. The Kier molecular flexibility index (Phi) is 8.97. The number of rotatable bonds is 9. The van der Waals surface area contributed by atoms with Crippen LogP contribution >= 0.6 is 0 Å². The van der Waals surface area contributed by atoms with Gasteiger partial charge in [0.15, 0.2) is 6.29 Å². The van der Waals surface area contributed by atoms with Crippen LogP contribution in [-0.2, 0) is 19.0 Å². The van der Waals surface area contributed by atoms with Crippen molar-refractivity contribution >= 4 is 5.91 Å². The lowest BCUT2D eigenvalue weighted by Crippen LogP contribution is -2.34. The molecule has 1 amide bonds. The zero-order valence-corrected chi connectivity index (χ0v) is 9.37. The fourth-order valence-electron chi connectivity index (χ4n) is 0.886. The molecule has 96 valence electrons. The fourth-order valence-corrected chi connectivity index (χ4v) is 0.886. The summed E-state index contributed by atoms with van der Waals surface area (Å²) >= 11 is 0. The molecule has 0 aromatic rings. The largest absolute Gasteiger partial charge is 0.375 e. The summed E-state index contributed by atoms with van der Waals surface area (Å²) in [4.78, 5) is 11.1. The Hall–Kier alpha value is -0.790. The molecule has 0 rings (SSSR count). The minimum absolute atomic E-state index is 0.0270. The molecule has 1 N–H and O–H groups in total. The lowest BCUT2D eigenvalue weighted by molar-refractivity contribution is -0.128. The predicted molar refractivity (Wildman–Crippen MR) is 52.3 cm³/mol. The van der Waals surface area contributed by atoms with Crippen LogP contribution < -0.4 is 5.32 Å². The molecule has 7 heteroatoms. The summed E-state index contributed by atoms with van der Waals surface area (Å²) in [5.41, 5.74) is 0.